The summed E-state index contributed by atoms with van der Waals surface area (Å²) < 4.78 is 0. The van der Waals surface area contributed by atoms with E-state index in [1.807, 2.05) is 12.1 Å². The number of anilines is 1. The maximum absolute atomic E-state index is 9.00. The molecule has 0 bridgehead atoms. The van der Waals surface area contributed by atoms with Gasteiger partial charge >= 0.3 is 0 Å². The normalized spacial score (nSPS) is 10.5. The number of rotatable bonds is 5. The van der Waals surface area contributed by atoms with Crippen molar-refractivity contribution in [1.29, 1.82) is 0 Å². The average Bonchev–Trinajstić information content (AvgIpc) is 2.46. The van der Waals surface area contributed by atoms with E-state index in [1.54, 1.807) is 0 Å². The summed E-state index contributed by atoms with van der Waals surface area (Å²) in [7, 11) is 4.11. The van der Waals surface area contributed by atoms with E-state index in [1.165, 1.54) is 16.8 Å². The predicted molar refractivity (Wildman–Crippen MR) is 80.5 cm³/mol. The minimum atomic E-state index is 0.117. The number of nitrogens with zero attached hydrogens (tertiary/aromatic N) is 1. The molecule has 0 atom stereocenters. The molecule has 0 heterocycles. The number of aryl methyl sites for hydroxylation is 2. The van der Waals surface area contributed by atoms with Gasteiger partial charge in [-0.15, -0.1) is 0 Å². The summed E-state index contributed by atoms with van der Waals surface area (Å²) in [6.45, 7) is 0.117. The quantitative estimate of drug-likeness (QED) is 0.887. The Kier molecular flexibility index (Phi) is 4.58. The summed E-state index contributed by atoms with van der Waals surface area (Å²) in [5.74, 6) is 0. The van der Waals surface area contributed by atoms with Gasteiger partial charge in [-0.2, -0.15) is 0 Å². The van der Waals surface area contributed by atoms with Crippen LogP contribution in [0.25, 0.3) is 0 Å². The standard InChI is InChI=1S/C17H21NO/c1-18(2)17-11-9-15(10-12-17)4-3-14-5-7-16(13-19)8-6-14/h5-12,19H,3-4,13H2,1-2H3. The van der Waals surface area contributed by atoms with Crippen molar-refractivity contribution in [1.82, 2.24) is 0 Å². The SMILES string of the molecule is CN(C)c1ccc(CCc2ccc(CO)cc2)cc1. The zero-order valence-corrected chi connectivity index (χ0v) is 11.6. The molecule has 0 saturated heterocycles. The van der Waals surface area contributed by atoms with Gasteiger partial charge in [0.05, 0.1) is 6.61 Å². The fraction of sp³-hybridized carbons (Fsp3) is 0.294. The van der Waals surface area contributed by atoms with Gasteiger partial charge in [0.15, 0.2) is 0 Å². The van der Waals surface area contributed by atoms with Gasteiger partial charge in [0, 0.05) is 19.8 Å². The predicted octanol–water partition coefficient (Wildman–Crippen LogP) is 3.03. The molecule has 19 heavy (non-hydrogen) atoms. The Bertz CT molecular complexity index is 500. The van der Waals surface area contributed by atoms with Crippen LogP contribution in [0.2, 0.25) is 0 Å². The number of aliphatic hydroxyl groups is 1. The van der Waals surface area contributed by atoms with Crippen LogP contribution in [0, 0.1) is 0 Å². The Hall–Kier alpha value is -1.80. The van der Waals surface area contributed by atoms with E-state index >= 15 is 0 Å². The first kappa shape index (κ1) is 13.6. The molecule has 2 aromatic rings. The van der Waals surface area contributed by atoms with Crippen LogP contribution >= 0.6 is 0 Å². The smallest absolute Gasteiger partial charge is 0.0681 e. The zero-order valence-electron chi connectivity index (χ0n) is 11.6. The monoisotopic (exact) mass is 255 g/mol. The highest BCUT2D eigenvalue weighted by Gasteiger charge is 1.98. The Morgan fingerprint density at radius 2 is 1.16 bits per heavy atom. The molecule has 0 aromatic heterocycles. The van der Waals surface area contributed by atoms with Crippen molar-refractivity contribution in [3.63, 3.8) is 0 Å². The molecule has 0 fully saturated rings. The maximum atomic E-state index is 9.00. The van der Waals surface area contributed by atoms with Crippen molar-refractivity contribution in [2.75, 3.05) is 19.0 Å². The van der Waals surface area contributed by atoms with Crippen LogP contribution in [0.1, 0.15) is 16.7 Å². The van der Waals surface area contributed by atoms with Crippen LogP contribution in [0.15, 0.2) is 48.5 Å². The molecule has 2 rings (SSSR count). The van der Waals surface area contributed by atoms with E-state index in [0.717, 1.165) is 18.4 Å². The van der Waals surface area contributed by atoms with Gasteiger partial charge in [-0.3, -0.25) is 0 Å². The summed E-state index contributed by atoms with van der Waals surface area (Å²) in [6, 6.07) is 16.9. The van der Waals surface area contributed by atoms with Crippen LogP contribution < -0.4 is 4.90 Å². The molecule has 100 valence electrons. The highest BCUT2D eigenvalue weighted by molar-refractivity contribution is 5.46. The van der Waals surface area contributed by atoms with Gasteiger partial charge < -0.3 is 10.0 Å². The molecule has 0 aliphatic heterocycles. The highest BCUT2D eigenvalue weighted by Crippen LogP contribution is 2.14. The Labute approximate surface area is 115 Å². The van der Waals surface area contributed by atoms with E-state index in [0.29, 0.717) is 0 Å². The van der Waals surface area contributed by atoms with Gasteiger partial charge in [-0.05, 0) is 41.7 Å². The van der Waals surface area contributed by atoms with Gasteiger partial charge in [0.25, 0.3) is 0 Å². The van der Waals surface area contributed by atoms with Gasteiger partial charge in [-0.1, -0.05) is 36.4 Å². The molecule has 2 heteroatoms. The second-order valence-electron chi connectivity index (χ2n) is 5.04. The Morgan fingerprint density at radius 1 is 0.737 bits per heavy atom. The summed E-state index contributed by atoms with van der Waals surface area (Å²) in [5.41, 5.74) is 4.88. The number of hydrogen-bond acceptors (Lipinski definition) is 2. The Morgan fingerprint density at radius 3 is 1.58 bits per heavy atom. The second kappa shape index (κ2) is 6.39. The lowest BCUT2D eigenvalue weighted by atomic mass is 10.0. The maximum Gasteiger partial charge on any atom is 0.0681 e. The average molecular weight is 255 g/mol. The molecular weight excluding hydrogens is 234 g/mol. The summed E-state index contributed by atoms with van der Waals surface area (Å²) in [4.78, 5) is 2.11. The Balaban J connectivity index is 1.94. The number of aliphatic hydroxyl groups excluding tert-OH is 1. The third-order valence-electron chi connectivity index (χ3n) is 3.36. The van der Waals surface area contributed by atoms with E-state index in [9.17, 15) is 0 Å². The highest BCUT2D eigenvalue weighted by atomic mass is 16.3. The summed E-state index contributed by atoms with van der Waals surface area (Å²) in [5, 5.41) is 9.00. The van der Waals surface area contributed by atoms with Crippen LogP contribution in [0.5, 0.6) is 0 Å². The molecule has 0 aliphatic carbocycles. The molecule has 1 N–H and O–H groups in total. The van der Waals surface area contributed by atoms with Crippen LogP contribution in [-0.2, 0) is 19.4 Å². The van der Waals surface area contributed by atoms with E-state index in [-0.39, 0.29) is 6.61 Å². The molecule has 0 radical (unpaired) electrons. The van der Waals surface area contributed by atoms with E-state index in [2.05, 4.69) is 55.4 Å². The van der Waals surface area contributed by atoms with Crippen molar-refractivity contribution in [2.45, 2.75) is 19.4 Å². The lowest BCUT2D eigenvalue weighted by molar-refractivity contribution is 0.282. The van der Waals surface area contributed by atoms with Crippen molar-refractivity contribution in [3.8, 4) is 0 Å². The van der Waals surface area contributed by atoms with Crippen molar-refractivity contribution < 1.29 is 5.11 Å². The minimum absolute atomic E-state index is 0.117. The van der Waals surface area contributed by atoms with Gasteiger partial charge in [0.1, 0.15) is 0 Å². The molecule has 2 aromatic carbocycles. The molecule has 0 aliphatic rings. The molecule has 2 nitrogen and oxygen atoms in total. The summed E-state index contributed by atoms with van der Waals surface area (Å²) >= 11 is 0. The fourth-order valence-electron chi connectivity index (χ4n) is 2.06. The third-order valence-corrected chi connectivity index (χ3v) is 3.36. The minimum Gasteiger partial charge on any atom is -0.392 e. The van der Waals surface area contributed by atoms with Crippen molar-refractivity contribution in [3.05, 3.63) is 65.2 Å². The van der Waals surface area contributed by atoms with Crippen LogP contribution in [0.3, 0.4) is 0 Å². The molecule has 0 saturated carbocycles. The lowest BCUT2D eigenvalue weighted by Gasteiger charge is -2.12. The first-order valence-electron chi connectivity index (χ1n) is 6.64. The first-order chi connectivity index (χ1) is 9.19. The van der Waals surface area contributed by atoms with Gasteiger partial charge in [-0.25, -0.2) is 0 Å². The molecular formula is C17H21NO. The number of hydrogen-bond donors (Lipinski definition) is 1. The zero-order chi connectivity index (χ0) is 13.7. The van der Waals surface area contributed by atoms with Crippen LogP contribution in [0.4, 0.5) is 5.69 Å². The fourth-order valence-corrected chi connectivity index (χ4v) is 2.06. The largest absolute Gasteiger partial charge is 0.392 e. The van der Waals surface area contributed by atoms with E-state index < -0.39 is 0 Å². The number of benzene rings is 2. The lowest BCUT2D eigenvalue weighted by Crippen LogP contribution is -2.08. The van der Waals surface area contributed by atoms with Crippen molar-refractivity contribution in [2.24, 2.45) is 0 Å². The topological polar surface area (TPSA) is 23.5 Å². The third kappa shape index (κ3) is 3.83. The summed E-state index contributed by atoms with van der Waals surface area (Å²) in [6.07, 6.45) is 2.08. The molecule has 0 unspecified atom stereocenters. The van der Waals surface area contributed by atoms with Crippen molar-refractivity contribution >= 4 is 5.69 Å². The molecule has 0 amide bonds. The van der Waals surface area contributed by atoms with Crippen LogP contribution in [-0.4, -0.2) is 19.2 Å². The first-order valence-corrected chi connectivity index (χ1v) is 6.64. The van der Waals surface area contributed by atoms with E-state index in [4.69, 9.17) is 5.11 Å². The molecule has 0 spiro atoms. The van der Waals surface area contributed by atoms with Gasteiger partial charge in [0.2, 0.25) is 0 Å². The second-order valence-corrected chi connectivity index (χ2v) is 5.04.